The lowest BCUT2D eigenvalue weighted by Gasteiger charge is -2.35. The third kappa shape index (κ3) is 4.06. The number of benzene rings is 2. The molecular weight excluding hydrogens is 418 g/mol. The van der Waals surface area contributed by atoms with E-state index in [-0.39, 0.29) is 12.8 Å². The predicted molar refractivity (Wildman–Crippen MR) is 118 cm³/mol. The van der Waals surface area contributed by atoms with E-state index in [2.05, 4.69) is 20.4 Å². The summed E-state index contributed by atoms with van der Waals surface area (Å²) in [5, 5.41) is 12.3. The van der Waals surface area contributed by atoms with Crippen molar-refractivity contribution < 1.29 is 14.3 Å². The van der Waals surface area contributed by atoms with Crippen LogP contribution in [0.5, 0.6) is 11.5 Å². The maximum absolute atomic E-state index is 12.6. The summed E-state index contributed by atoms with van der Waals surface area (Å²) in [5.41, 5.74) is 2.27. The Morgan fingerprint density at radius 1 is 0.935 bits per heavy atom. The fourth-order valence-corrected chi connectivity index (χ4v) is 3.85. The summed E-state index contributed by atoms with van der Waals surface area (Å²) < 4.78 is 10.7. The van der Waals surface area contributed by atoms with Crippen LogP contribution in [0.2, 0.25) is 5.02 Å². The van der Waals surface area contributed by atoms with E-state index in [1.807, 2.05) is 36.4 Å². The highest BCUT2D eigenvalue weighted by Gasteiger charge is 2.23. The molecule has 2 aliphatic rings. The average Bonchev–Trinajstić information content (AvgIpc) is 3.28. The lowest BCUT2D eigenvalue weighted by atomic mass is 10.1. The highest BCUT2D eigenvalue weighted by Crippen LogP contribution is 2.34. The number of aromatic nitrogens is 2. The van der Waals surface area contributed by atoms with Gasteiger partial charge in [-0.1, -0.05) is 29.8 Å². The van der Waals surface area contributed by atoms with Gasteiger partial charge >= 0.3 is 6.03 Å². The number of nitrogens with zero attached hydrogens (tertiary/aromatic N) is 4. The Morgan fingerprint density at radius 3 is 2.52 bits per heavy atom. The van der Waals surface area contributed by atoms with Crippen molar-refractivity contribution >= 4 is 29.1 Å². The molecule has 0 spiro atoms. The monoisotopic (exact) mass is 437 g/mol. The van der Waals surface area contributed by atoms with Crippen LogP contribution >= 0.6 is 11.6 Å². The van der Waals surface area contributed by atoms with Gasteiger partial charge in [0, 0.05) is 43.5 Å². The lowest BCUT2D eigenvalue weighted by Crippen LogP contribution is -2.50. The fraction of sp³-hybridized carbons (Fsp3) is 0.227. The maximum atomic E-state index is 12.6. The molecule has 0 unspecified atom stereocenters. The molecule has 1 fully saturated rings. The van der Waals surface area contributed by atoms with Gasteiger partial charge in [-0.3, -0.25) is 0 Å². The van der Waals surface area contributed by atoms with Gasteiger partial charge in [0.25, 0.3) is 0 Å². The summed E-state index contributed by atoms with van der Waals surface area (Å²) in [6.07, 6.45) is 0. The number of piperazine rings is 1. The zero-order valence-corrected chi connectivity index (χ0v) is 17.4. The number of nitrogens with one attached hydrogen (secondary N) is 1. The standard InChI is InChI=1S/C22H20ClN5O3/c23-17-4-2-1-3-16(17)18-6-8-21(26-25-18)27-9-11-28(12-10-27)22(29)24-15-5-7-19-20(13-15)31-14-30-19/h1-8,13H,9-12,14H2,(H,24,29). The van der Waals surface area contributed by atoms with Crippen molar-refractivity contribution in [2.75, 3.05) is 43.2 Å². The third-order valence-corrected chi connectivity index (χ3v) is 5.64. The fourth-order valence-electron chi connectivity index (χ4n) is 3.62. The van der Waals surface area contributed by atoms with Crippen molar-refractivity contribution in [3.8, 4) is 22.8 Å². The lowest BCUT2D eigenvalue weighted by molar-refractivity contribution is 0.174. The van der Waals surface area contributed by atoms with Crippen molar-refractivity contribution in [2.24, 2.45) is 0 Å². The Kier molecular flexibility index (Phi) is 5.21. The summed E-state index contributed by atoms with van der Waals surface area (Å²) in [7, 11) is 0. The molecule has 0 saturated carbocycles. The Hall–Kier alpha value is -3.52. The van der Waals surface area contributed by atoms with E-state index >= 15 is 0 Å². The number of halogens is 1. The normalized spacial score (nSPS) is 15.1. The smallest absolute Gasteiger partial charge is 0.321 e. The Morgan fingerprint density at radius 2 is 1.74 bits per heavy atom. The topological polar surface area (TPSA) is 79.8 Å². The first-order valence-corrected chi connectivity index (χ1v) is 10.3. The van der Waals surface area contributed by atoms with E-state index in [0.29, 0.717) is 48.4 Å². The molecule has 0 radical (unpaired) electrons. The first-order chi connectivity index (χ1) is 15.2. The molecule has 0 aliphatic carbocycles. The van der Waals surface area contributed by atoms with Crippen molar-refractivity contribution in [3.05, 3.63) is 59.6 Å². The van der Waals surface area contributed by atoms with Crippen LogP contribution in [0.4, 0.5) is 16.3 Å². The quantitative estimate of drug-likeness (QED) is 0.669. The third-order valence-electron chi connectivity index (χ3n) is 5.31. The summed E-state index contributed by atoms with van der Waals surface area (Å²) in [6, 6.07) is 16.6. The highest BCUT2D eigenvalue weighted by molar-refractivity contribution is 6.33. The number of fused-ring (bicyclic) bond motifs is 1. The molecule has 2 aromatic carbocycles. The minimum absolute atomic E-state index is 0.140. The van der Waals surface area contributed by atoms with Gasteiger partial charge in [-0.05, 0) is 30.3 Å². The highest BCUT2D eigenvalue weighted by atomic mass is 35.5. The summed E-state index contributed by atoms with van der Waals surface area (Å²) in [6.45, 7) is 2.73. The molecule has 2 aliphatic heterocycles. The SMILES string of the molecule is O=C(Nc1ccc2c(c1)OCO2)N1CCN(c2ccc(-c3ccccc3Cl)nn2)CC1. The molecule has 9 heteroatoms. The molecule has 1 N–H and O–H groups in total. The van der Waals surface area contributed by atoms with Crippen molar-refractivity contribution in [2.45, 2.75) is 0 Å². The second-order valence-electron chi connectivity index (χ2n) is 7.23. The number of rotatable bonds is 3. The van der Waals surface area contributed by atoms with Crippen LogP contribution in [0.25, 0.3) is 11.3 Å². The molecule has 3 aromatic rings. The maximum Gasteiger partial charge on any atom is 0.321 e. The van der Waals surface area contributed by atoms with Gasteiger partial charge in [-0.25, -0.2) is 4.79 Å². The number of anilines is 2. The van der Waals surface area contributed by atoms with Crippen LogP contribution in [0.1, 0.15) is 0 Å². The van der Waals surface area contributed by atoms with Crippen LogP contribution < -0.4 is 19.7 Å². The van der Waals surface area contributed by atoms with Crippen LogP contribution in [0.3, 0.4) is 0 Å². The van der Waals surface area contributed by atoms with Gasteiger partial charge < -0.3 is 24.6 Å². The number of carbonyl (C=O) groups is 1. The number of amides is 2. The van der Waals surface area contributed by atoms with Gasteiger partial charge in [-0.15, -0.1) is 10.2 Å². The first kappa shape index (κ1) is 19.4. The van der Waals surface area contributed by atoms with E-state index in [1.165, 1.54) is 0 Å². The van der Waals surface area contributed by atoms with Gasteiger partial charge in [0.2, 0.25) is 6.79 Å². The Balaban J connectivity index is 1.18. The summed E-state index contributed by atoms with van der Waals surface area (Å²) in [4.78, 5) is 16.5. The van der Waals surface area contributed by atoms with Gasteiger partial charge in [-0.2, -0.15) is 0 Å². The van der Waals surface area contributed by atoms with E-state index in [1.54, 1.807) is 23.1 Å². The molecular formula is C22H20ClN5O3. The summed E-state index contributed by atoms with van der Waals surface area (Å²) >= 11 is 6.24. The molecule has 0 bridgehead atoms. The average molecular weight is 438 g/mol. The van der Waals surface area contributed by atoms with E-state index in [0.717, 1.165) is 17.1 Å². The van der Waals surface area contributed by atoms with Crippen LogP contribution in [0, 0.1) is 0 Å². The molecule has 8 nitrogen and oxygen atoms in total. The van der Waals surface area contributed by atoms with E-state index < -0.39 is 0 Å². The molecule has 1 aromatic heterocycles. The molecule has 1 saturated heterocycles. The zero-order chi connectivity index (χ0) is 21.2. The molecule has 2 amide bonds. The van der Waals surface area contributed by atoms with E-state index in [4.69, 9.17) is 21.1 Å². The summed E-state index contributed by atoms with van der Waals surface area (Å²) in [5.74, 6) is 2.11. The molecule has 5 rings (SSSR count). The Labute approximate surface area is 184 Å². The van der Waals surface area contributed by atoms with E-state index in [9.17, 15) is 4.79 Å². The molecule has 158 valence electrons. The van der Waals surface area contributed by atoms with Crippen LogP contribution in [-0.4, -0.2) is 54.1 Å². The minimum Gasteiger partial charge on any atom is -0.454 e. The van der Waals surface area contributed by atoms with Crippen LogP contribution in [-0.2, 0) is 0 Å². The second-order valence-corrected chi connectivity index (χ2v) is 7.64. The largest absolute Gasteiger partial charge is 0.454 e. The van der Waals surface area contributed by atoms with Gasteiger partial charge in [0.05, 0.1) is 10.7 Å². The number of hydrogen-bond donors (Lipinski definition) is 1. The second kappa shape index (κ2) is 8.31. The van der Waals surface area contributed by atoms with Crippen molar-refractivity contribution in [3.63, 3.8) is 0 Å². The first-order valence-electron chi connectivity index (χ1n) is 9.96. The van der Waals surface area contributed by atoms with Crippen LogP contribution in [0.15, 0.2) is 54.6 Å². The molecule has 3 heterocycles. The number of ether oxygens (including phenoxy) is 2. The molecule has 0 atom stereocenters. The Bertz CT molecular complexity index is 1100. The van der Waals surface area contributed by atoms with Crippen molar-refractivity contribution in [1.29, 1.82) is 0 Å². The molecule has 31 heavy (non-hydrogen) atoms. The predicted octanol–water partition coefficient (Wildman–Crippen LogP) is 3.88. The van der Waals surface area contributed by atoms with Gasteiger partial charge in [0.15, 0.2) is 17.3 Å². The number of hydrogen-bond acceptors (Lipinski definition) is 6. The number of carbonyl (C=O) groups excluding carboxylic acids is 1. The number of urea groups is 1. The van der Waals surface area contributed by atoms with Gasteiger partial charge in [0.1, 0.15) is 0 Å². The van der Waals surface area contributed by atoms with Crippen molar-refractivity contribution in [1.82, 2.24) is 15.1 Å². The zero-order valence-electron chi connectivity index (χ0n) is 16.6. The minimum atomic E-state index is -0.140.